The predicted octanol–water partition coefficient (Wildman–Crippen LogP) is 7.84. The van der Waals surface area contributed by atoms with E-state index >= 15 is 0 Å². The Kier molecular flexibility index (Phi) is 11.7. The zero-order valence-corrected chi connectivity index (χ0v) is 35.9. The summed E-state index contributed by atoms with van der Waals surface area (Å²) in [6, 6.07) is 16.3. The number of hydrogen-bond donors (Lipinski definition) is 3. The molecular weight excluding hydrogens is 796 g/mol. The first kappa shape index (κ1) is 41.7. The Bertz CT molecular complexity index is 2500. The fourth-order valence-corrected chi connectivity index (χ4v) is 9.81. The molecule has 4 heterocycles. The lowest BCUT2D eigenvalue weighted by molar-refractivity contribution is -0.152. The molecule has 14 nitrogen and oxygen atoms in total. The van der Waals surface area contributed by atoms with Crippen LogP contribution >= 0.6 is 11.6 Å². The summed E-state index contributed by atoms with van der Waals surface area (Å²) in [6.07, 6.45) is 10.0. The van der Waals surface area contributed by atoms with E-state index in [1.54, 1.807) is 44.8 Å². The fraction of sp³-hybridized carbons (Fsp3) is 0.391. The number of imidazole rings is 1. The van der Waals surface area contributed by atoms with Crippen molar-refractivity contribution in [1.29, 1.82) is 0 Å². The number of rotatable bonds is 14. The quantitative estimate of drug-likeness (QED) is 0.0934. The summed E-state index contributed by atoms with van der Waals surface area (Å²) >= 11 is 7.04. The molecule has 2 fully saturated rings. The normalized spacial score (nSPS) is 19.2. The van der Waals surface area contributed by atoms with E-state index in [0.717, 1.165) is 91.8 Å². The number of nitrogens with one attached hydrogen (secondary N) is 3. The van der Waals surface area contributed by atoms with Crippen molar-refractivity contribution < 1.29 is 28.6 Å². The van der Waals surface area contributed by atoms with Crippen LogP contribution in [0.25, 0.3) is 11.1 Å². The first-order valence-corrected chi connectivity index (χ1v) is 21.0. The Morgan fingerprint density at radius 1 is 0.902 bits per heavy atom. The van der Waals surface area contributed by atoms with Crippen LogP contribution in [0.2, 0.25) is 5.02 Å². The molecule has 2 amide bonds. The van der Waals surface area contributed by atoms with Crippen molar-refractivity contribution >= 4 is 46.4 Å². The average molecular weight is 847 g/mol. The second-order valence-corrected chi connectivity index (χ2v) is 16.9. The Morgan fingerprint density at radius 2 is 1.66 bits per heavy atom. The van der Waals surface area contributed by atoms with Gasteiger partial charge in [-0.15, -0.1) is 0 Å². The van der Waals surface area contributed by atoms with Gasteiger partial charge in [-0.25, -0.2) is 9.97 Å². The first-order valence-electron chi connectivity index (χ1n) is 20.6. The maximum Gasteiger partial charge on any atom is 0.311 e. The summed E-state index contributed by atoms with van der Waals surface area (Å²) in [5, 5.41) is 9.67. The molecule has 0 atom stereocenters. The van der Waals surface area contributed by atoms with E-state index in [0.29, 0.717) is 52.5 Å². The topological polar surface area (TPSA) is 162 Å². The van der Waals surface area contributed by atoms with Crippen molar-refractivity contribution in [2.75, 3.05) is 50.4 Å². The molecule has 2 bridgehead atoms. The highest BCUT2D eigenvalue weighted by Crippen LogP contribution is 2.63. The van der Waals surface area contributed by atoms with Gasteiger partial charge in [0.25, 0.3) is 11.8 Å². The minimum Gasteiger partial charge on any atom is -0.496 e. The number of aromatic nitrogens is 4. The molecule has 1 aliphatic heterocycles. The molecule has 0 radical (unpaired) electrons. The number of hydrogen-bond acceptors (Lipinski definition) is 11. The van der Waals surface area contributed by atoms with Gasteiger partial charge in [0.05, 0.1) is 43.1 Å². The van der Waals surface area contributed by atoms with E-state index < -0.39 is 5.91 Å². The van der Waals surface area contributed by atoms with Gasteiger partial charge in [-0.2, -0.15) is 0 Å². The molecule has 2 saturated carbocycles. The van der Waals surface area contributed by atoms with Crippen LogP contribution in [-0.4, -0.2) is 76.6 Å². The third-order valence-corrected chi connectivity index (χ3v) is 13.4. The minimum atomic E-state index is -0.404. The molecule has 3 N–H and O–H groups in total. The Hall–Kier alpha value is -5.99. The number of fused-ring (bicyclic) bond motifs is 3. The lowest BCUT2D eigenvalue weighted by atomic mass is 9.80. The molecule has 0 unspecified atom stereocenters. The second-order valence-electron chi connectivity index (χ2n) is 16.5. The molecule has 0 saturated heterocycles. The highest BCUT2D eigenvalue weighted by Gasteiger charge is 2.58. The first-order chi connectivity index (χ1) is 29.4. The lowest BCUT2D eigenvalue weighted by Crippen LogP contribution is -2.34. The minimum absolute atomic E-state index is 0.0417. The molecule has 8 rings (SSSR count). The number of halogens is 1. The van der Waals surface area contributed by atoms with Crippen LogP contribution in [-0.2, 0) is 36.1 Å². The number of methoxy groups -OCH3 is 3. The zero-order valence-electron chi connectivity index (χ0n) is 35.2. The number of amides is 2. The van der Waals surface area contributed by atoms with Crippen LogP contribution in [0, 0.1) is 17.8 Å². The van der Waals surface area contributed by atoms with E-state index in [2.05, 4.69) is 30.8 Å². The van der Waals surface area contributed by atoms with Crippen LogP contribution in [0.1, 0.15) is 82.1 Å². The van der Waals surface area contributed by atoms with Gasteiger partial charge < -0.3 is 34.7 Å². The van der Waals surface area contributed by atoms with Crippen LogP contribution < -0.4 is 25.4 Å². The van der Waals surface area contributed by atoms with Crippen molar-refractivity contribution in [3.8, 4) is 22.8 Å². The largest absolute Gasteiger partial charge is 0.496 e. The van der Waals surface area contributed by atoms with E-state index in [1.807, 2.05) is 54.9 Å². The van der Waals surface area contributed by atoms with Gasteiger partial charge in [0, 0.05) is 85.8 Å². The van der Waals surface area contributed by atoms with E-state index in [4.69, 9.17) is 30.8 Å². The summed E-state index contributed by atoms with van der Waals surface area (Å²) in [4.78, 5) is 55.7. The molecule has 5 aromatic rings. The zero-order chi connectivity index (χ0) is 42.9. The molecule has 3 aromatic heterocycles. The number of benzene rings is 2. The summed E-state index contributed by atoms with van der Waals surface area (Å²) in [5.41, 5.74) is 6.96. The molecule has 318 valence electrons. The van der Waals surface area contributed by atoms with Crippen LogP contribution in [0.3, 0.4) is 0 Å². The van der Waals surface area contributed by atoms with Crippen LogP contribution in [0.4, 0.5) is 17.1 Å². The average Bonchev–Trinajstić information content (AvgIpc) is 3.96. The fourth-order valence-electron chi connectivity index (χ4n) is 9.54. The second kappa shape index (κ2) is 17.2. The Labute approximate surface area is 360 Å². The molecule has 2 aromatic carbocycles. The van der Waals surface area contributed by atoms with Gasteiger partial charge in [-0.3, -0.25) is 24.3 Å². The molecule has 3 aliphatic rings. The number of carbonyl (C=O) groups excluding carboxylic acids is 3. The van der Waals surface area contributed by atoms with Crippen molar-refractivity contribution in [2.45, 2.75) is 65.0 Å². The summed E-state index contributed by atoms with van der Waals surface area (Å²) in [7, 11) is 6.50. The van der Waals surface area contributed by atoms with Gasteiger partial charge in [-0.1, -0.05) is 35.9 Å². The number of carbonyl (C=O) groups is 3. The van der Waals surface area contributed by atoms with Gasteiger partial charge >= 0.3 is 5.97 Å². The number of anilines is 3. The number of ether oxygens (including phenoxy) is 3. The molecule has 0 spiro atoms. The number of pyridine rings is 2. The molecule has 61 heavy (non-hydrogen) atoms. The van der Waals surface area contributed by atoms with Gasteiger partial charge in [0.15, 0.2) is 5.82 Å². The van der Waals surface area contributed by atoms with E-state index in [-0.39, 0.29) is 28.4 Å². The number of esters is 1. The SMILES string of the molecule is COC(=O)C12CCC(CCN3CCc4c(nc(C(=O)Nc5cccc(-c6cccc(NC(=O)c7cc(OC)c(CNc8ccnc(OC)c8)cn7)c6C)c5Cl)n4C)C3)(CC1)C2. The van der Waals surface area contributed by atoms with Crippen LogP contribution in [0.15, 0.2) is 67.0 Å². The van der Waals surface area contributed by atoms with Gasteiger partial charge in [0.2, 0.25) is 5.88 Å². The van der Waals surface area contributed by atoms with Gasteiger partial charge in [-0.05, 0) is 86.7 Å². The van der Waals surface area contributed by atoms with E-state index in [9.17, 15) is 14.4 Å². The lowest BCUT2D eigenvalue weighted by Gasteiger charge is -2.32. The standard InChI is InChI=1S/C46H51ClN8O6/c1-28-31(8-6-10-33(28)52-42(56)35-23-38(59-3)29(25-50-35)24-49-30-12-19-48-39(22-30)60-4)32-9-7-11-34(40(32)47)53-43(57)41-51-36-26-55(20-13-37(36)54(41)2)21-18-45-14-16-46(27-45,17-15-45)44(58)61-5/h6-12,19,22-23,25H,13-18,20-21,24,26-27H2,1-5H3,(H,48,49)(H,52,56)(H,53,57). The van der Waals surface area contributed by atoms with Gasteiger partial charge in [0.1, 0.15) is 11.4 Å². The Morgan fingerprint density at radius 3 is 2.41 bits per heavy atom. The number of nitrogens with zero attached hydrogens (tertiary/aromatic N) is 5. The van der Waals surface area contributed by atoms with Crippen molar-refractivity contribution in [1.82, 2.24) is 24.4 Å². The van der Waals surface area contributed by atoms with Crippen molar-refractivity contribution in [3.63, 3.8) is 0 Å². The van der Waals surface area contributed by atoms with Crippen LogP contribution in [0.5, 0.6) is 11.6 Å². The highest BCUT2D eigenvalue weighted by atomic mass is 35.5. The maximum atomic E-state index is 13.8. The monoisotopic (exact) mass is 846 g/mol. The summed E-state index contributed by atoms with van der Waals surface area (Å²) < 4.78 is 17.9. The predicted molar refractivity (Wildman–Crippen MR) is 233 cm³/mol. The smallest absolute Gasteiger partial charge is 0.311 e. The molecule has 15 heteroatoms. The van der Waals surface area contributed by atoms with E-state index in [1.165, 1.54) is 7.11 Å². The maximum absolute atomic E-state index is 13.8. The molecular formula is C46H51ClN8O6. The third kappa shape index (κ3) is 8.26. The third-order valence-electron chi connectivity index (χ3n) is 13.0. The molecule has 2 aliphatic carbocycles. The van der Waals surface area contributed by atoms with Crippen molar-refractivity contribution in [3.05, 3.63) is 106 Å². The van der Waals surface area contributed by atoms with Crippen molar-refractivity contribution in [2.24, 2.45) is 17.9 Å². The Balaban J connectivity index is 0.915. The summed E-state index contributed by atoms with van der Waals surface area (Å²) in [5.74, 6) is 0.531. The highest BCUT2D eigenvalue weighted by molar-refractivity contribution is 6.36. The summed E-state index contributed by atoms with van der Waals surface area (Å²) in [6.45, 7) is 4.80.